The summed E-state index contributed by atoms with van der Waals surface area (Å²) in [7, 11) is 0. The van der Waals surface area contributed by atoms with E-state index in [2.05, 4.69) is 265 Å². The zero-order valence-corrected chi connectivity index (χ0v) is 36.7. The lowest BCUT2D eigenvalue weighted by Crippen LogP contribution is -2.00. The Morgan fingerprint density at radius 1 is 0.254 bits per heavy atom. The van der Waals surface area contributed by atoms with E-state index in [1.807, 2.05) is 0 Å². The molecule has 0 atom stereocenters. The molecule has 12 rings (SSSR count). The molecule has 10 aromatic carbocycles. The van der Waals surface area contributed by atoms with Crippen molar-refractivity contribution in [2.75, 3.05) is 0 Å². The SMILES string of the molecule is c1ccc(-c2cc(-c3ccccc3)cc(-c3cccc(-c4nc(-c5cccc(-c6cc(-c7ccccc7)cc(-c7ccccc7)c6)c5)c5c(n4)c4ccccc4n5-c4ccccc4)c3)c2)cc1. The number of fused-ring (bicyclic) bond motifs is 3. The molecule has 67 heavy (non-hydrogen) atoms. The van der Waals surface area contributed by atoms with E-state index in [1.165, 1.54) is 44.5 Å². The summed E-state index contributed by atoms with van der Waals surface area (Å²) < 4.78 is 2.33. The molecule has 0 spiro atoms. The van der Waals surface area contributed by atoms with Crippen molar-refractivity contribution < 1.29 is 0 Å². The third-order valence-electron chi connectivity index (χ3n) is 12.7. The van der Waals surface area contributed by atoms with Crippen molar-refractivity contribution in [2.45, 2.75) is 0 Å². The maximum absolute atomic E-state index is 5.62. The lowest BCUT2D eigenvalue weighted by atomic mass is 9.92. The van der Waals surface area contributed by atoms with Crippen molar-refractivity contribution in [3.63, 3.8) is 0 Å². The molecule has 314 valence electrons. The van der Waals surface area contributed by atoms with E-state index >= 15 is 0 Å². The Bertz CT molecular complexity index is 3600. The van der Waals surface area contributed by atoms with Crippen LogP contribution in [0.1, 0.15) is 0 Å². The van der Waals surface area contributed by atoms with Crippen molar-refractivity contribution >= 4 is 21.9 Å². The highest BCUT2D eigenvalue weighted by atomic mass is 15.0. The number of benzene rings is 10. The van der Waals surface area contributed by atoms with Gasteiger partial charge < -0.3 is 4.57 Å². The molecular formula is C64H43N3. The lowest BCUT2D eigenvalue weighted by Gasteiger charge is -2.15. The first-order chi connectivity index (χ1) is 33.2. The van der Waals surface area contributed by atoms with E-state index in [0.29, 0.717) is 5.82 Å². The van der Waals surface area contributed by atoms with Gasteiger partial charge in [0.05, 0.1) is 16.7 Å². The zero-order chi connectivity index (χ0) is 44.5. The summed E-state index contributed by atoms with van der Waals surface area (Å²) in [5.74, 6) is 0.672. The molecule has 3 nitrogen and oxygen atoms in total. The fraction of sp³-hybridized carbons (Fsp3) is 0. The van der Waals surface area contributed by atoms with Crippen LogP contribution in [0, 0.1) is 0 Å². The number of hydrogen-bond acceptors (Lipinski definition) is 2. The number of para-hydroxylation sites is 2. The van der Waals surface area contributed by atoms with E-state index in [-0.39, 0.29) is 0 Å². The van der Waals surface area contributed by atoms with Crippen molar-refractivity contribution in [1.29, 1.82) is 0 Å². The first kappa shape index (κ1) is 39.7. The van der Waals surface area contributed by atoms with Gasteiger partial charge in [-0.15, -0.1) is 0 Å². The minimum Gasteiger partial charge on any atom is -0.306 e. The van der Waals surface area contributed by atoms with Gasteiger partial charge in [0.25, 0.3) is 0 Å². The maximum Gasteiger partial charge on any atom is 0.160 e. The molecule has 2 aromatic heterocycles. The standard InChI is InChI=1S/C64H43N3/c1-6-20-44(21-7-1)52-38-53(45-22-8-2-9-23-45)41-56(40-52)48-28-18-30-50(36-48)61-63-62(59-34-16-17-35-60(59)67(63)58-32-14-5-15-33-58)66-64(65-61)51-31-19-29-49(37-51)57-42-54(46-24-10-3-11-25-46)39-55(43-57)47-26-12-4-13-27-47/h1-43H. The molecular weight excluding hydrogens is 811 g/mol. The fourth-order valence-corrected chi connectivity index (χ4v) is 9.48. The summed E-state index contributed by atoms with van der Waals surface area (Å²) in [6.45, 7) is 0. The van der Waals surface area contributed by atoms with Gasteiger partial charge in [-0.2, -0.15) is 0 Å². The van der Waals surface area contributed by atoms with E-state index < -0.39 is 0 Å². The predicted molar refractivity (Wildman–Crippen MR) is 280 cm³/mol. The minimum atomic E-state index is 0.672. The van der Waals surface area contributed by atoms with Crippen LogP contribution in [0.3, 0.4) is 0 Å². The second kappa shape index (κ2) is 17.2. The molecule has 0 unspecified atom stereocenters. The molecule has 0 saturated carbocycles. The van der Waals surface area contributed by atoms with Crippen molar-refractivity contribution in [3.8, 4) is 95.1 Å². The van der Waals surface area contributed by atoms with E-state index in [9.17, 15) is 0 Å². The largest absolute Gasteiger partial charge is 0.306 e. The summed E-state index contributed by atoms with van der Waals surface area (Å²) in [5.41, 5.74) is 20.7. The van der Waals surface area contributed by atoms with Crippen molar-refractivity contribution in [1.82, 2.24) is 14.5 Å². The third-order valence-corrected chi connectivity index (χ3v) is 12.7. The summed E-state index contributed by atoms with van der Waals surface area (Å²) in [4.78, 5) is 11.1. The number of rotatable bonds is 9. The summed E-state index contributed by atoms with van der Waals surface area (Å²) in [6, 6.07) is 93.1. The molecule has 0 fully saturated rings. The van der Waals surface area contributed by atoms with E-state index in [1.54, 1.807) is 0 Å². The highest BCUT2D eigenvalue weighted by molar-refractivity contribution is 6.11. The Morgan fingerprint density at radius 2 is 0.597 bits per heavy atom. The van der Waals surface area contributed by atoms with Gasteiger partial charge in [0.2, 0.25) is 0 Å². The molecule has 0 bridgehead atoms. The van der Waals surface area contributed by atoms with Crippen molar-refractivity contribution in [3.05, 3.63) is 261 Å². The number of aromatic nitrogens is 3. The third kappa shape index (κ3) is 7.69. The molecule has 0 N–H and O–H groups in total. The Labute approximate surface area is 390 Å². The van der Waals surface area contributed by atoms with Crippen LogP contribution in [0.4, 0.5) is 0 Å². The van der Waals surface area contributed by atoms with E-state index in [4.69, 9.17) is 9.97 Å². The van der Waals surface area contributed by atoms with Gasteiger partial charge in [0.15, 0.2) is 5.82 Å². The normalized spacial score (nSPS) is 11.3. The number of hydrogen-bond donors (Lipinski definition) is 0. The molecule has 0 amide bonds. The van der Waals surface area contributed by atoms with Crippen LogP contribution in [0.15, 0.2) is 261 Å². The average Bonchev–Trinajstić information content (AvgIpc) is 3.76. The first-order valence-corrected chi connectivity index (χ1v) is 22.8. The van der Waals surface area contributed by atoms with Gasteiger partial charge in [0, 0.05) is 22.2 Å². The van der Waals surface area contributed by atoms with Crippen LogP contribution in [-0.2, 0) is 0 Å². The monoisotopic (exact) mass is 853 g/mol. The van der Waals surface area contributed by atoms with Crippen LogP contribution in [0.25, 0.3) is 117 Å². The molecule has 3 heteroatoms. The Balaban J connectivity index is 1.06. The molecule has 0 aliphatic rings. The second-order valence-electron chi connectivity index (χ2n) is 17.0. The summed E-state index contributed by atoms with van der Waals surface area (Å²) in [5, 5.41) is 1.07. The summed E-state index contributed by atoms with van der Waals surface area (Å²) >= 11 is 0. The van der Waals surface area contributed by atoms with E-state index in [0.717, 1.165) is 66.7 Å². The highest BCUT2D eigenvalue weighted by Crippen LogP contribution is 2.41. The van der Waals surface area contributed by atoms with Gasteiger partial charge in [-0.3, -0.25) is 0 Å². The molecule has 0 aliphatic carbocycles. The van der Waals surface area contributed by atoms with Crippen LogP contribution in [-0.4, -0.2) is 14.5 Å². The lowest BCUT2D eigenvalue weighted by molar-refractivity contribution is 1.15. The van der Waals surface area contributed by atoms with Gasteiger partial charge in [-0.1, -0.05) is 194 Å². The van der Waals surface area contributed by atoms with Crippen LogP contribution < -0.4 is 0 Å². The quantitative estimate of drug-likeness (QED) is 0.145. The minimum absolute atomic E-state index is 0.672. The van der Waals surface area contributed by atoms with Crippen LogP contribution in [0.5, 0.6) is 0 Å². The summed E-state index contributed by atoms with van der Waals surface area (Å²) in [6.07, 6.45) is 0. The fourth-order valence-electron chi connectivity index (χ4n) is 9.48. The van der Waals surface area contributed by atoms with Gasteiger partial charge in [-0.05, 0) is 133 Å². The highest BCUT2D eigenvalue weighted by Gasteiger charge is 2.22. The topological polar surface area (TPSA) is 30.7 Å². The Kier molecular flexibility index (Phi) is 10.2. The number of nitrogens with zero attached hydrogens (tertiary/aromatic N) is 3. The van der Waals surface area contributed by atoms with Crippen molar-refractivity contribution in [2.24, 2.45) is 0 Å². The van der Waals surface area contributed by atoms with Gasteiger partial charge in [0.1, 0.15) is 5.52 Å². The van der Waals surface area contributed by atoms with Gasteiger partial charge >= 0.3 is 0 Å². The predicted octanol–water partition coefficient (Wildman–Crippen LogP) is 16.9. The molecule has 0 radical (unpaired) electrons. The first-order valence-electron chi connectivity index (χ1n) is 22.8. The van der Waals surface area contributed by atoms with Crippen LogP contribution >= 0.6 is 0 Å². The molecule has 12 aromatic rings. The Hall–Kier alpha value is -8.92. The smallest absolute Gasteiger partial charge is 0.160 e. The second-order valence-corrected chi connectivity index (χ2v) is 17.0. The molecule has 2 heterocycles. The molecule has 0 saturated heterocycles. The Morgan fingerprint density at radius 3 is 1.07 bits per heavy atom. The molecule has 0 aliphatic heterocycles. The average molecular weight is 854 g/mol. The maximum atomic E-state index is 5.62. The zero-order valence-electron chi connectivity index (χ0n) is 36.7. The van der Waals surface area contributed by atoms with Gasteiger partial charge in [-0.25, -0.2) is 9.97 Å². The van der Waals surface area contributed by atoms with Crippen LogP contribution in [0.2, 0.25) is 0 Å².